The minimum atomic E-state index is -1.06. The highest BCUT2D eigenvalue weighted by Crippen LogP contribution is 2.23. The van der Waals surface area contributed by atoms with Crippen LogP contribution in [-0.4, -0.2) is 47.8 Å². The van der Waals surface area contributed by atoms with E-state index in [1.54, 1.807) is 0 Å². The van der Waals surface area contributed by atoms with Gasteiger partial charge in [-0.05, 0) is 49.8 Å². The number of nitrogens with zero attached hydrogens (tertiary/aromatic N) is 1. The Hall–Kier alpha value is -2.70. The number of carbonyl (C=O) groups is 4. The maximum absolute atomic E-state index is 12.4. The molecule has 1 aromatic carbocycles. The summed E-state index contributed by atoms with van der Waals surface area (Å²) < 4.78 is 5.09. The molecule has 0 aromatic heterocycles. The smallest absolute Gasteiger partial charge is 0.324 e. The lowest BCUT2D eigenvalue weighted by Crippen LogP contribution is -2.41. The van der Waals surface area contributed by atoms with Crippen molar-refractivity contribution in [1.82, 2.24) is 10.2 Å². The number of hydrogen-bond donors (Lipinski definition) is 1. The fourth-order valence-electron chi connectivity index (χ4n) is 3.47. The number of nitrogens with one attached hydrogen (secondary N) is 1. The summed E-state index contributed by atoms with van der Waals surface area (Å²) in [5.74, 6) is -1.29. The maximum atomic E-state index is 12.4. The Morgan fingerprint density at radius 3 is 2.59 bits per heavy atom. The number of fused-ring (bicyclic) bond motifs is 1. The highest BCUT2D eigenvalue weighted by atomic mass is 16.5. The molecule has 0 bridgehead atoms. The zero-order valence-corrected chi connectivity index (χ0v) is 15.5. The predicted octanol–water partition coefficient (Wildman–Crippen LogP) is 2.01. The van der Waals surface area contributed by atoms with Crippen molar-refractivity contribution in [2.75, 3.05) is 13.1 Å². The van der Waals surface area contributed by atoms with Crippen molar-refractivity contribution < 1.29 is 23.9 Å². The van der Waals surface area contributed by atoms with Crippen molar-refractivity contribution in [3.63, 3.8) is 0 Å². The first kappa shape index (κ1) is 19.1. The molecule has 1 aliphatic carbocycles. The highest BCUT2D eigenvalue weighted by Gasteiger charge is 2.31. The Balaban J connectivity index is 1.49. The maximum Gasteiger partial charge on any atom is 0.324 e. The van der Waals surface area contributed by atoms with Gasteiger partial charge in [0.15, 0.2) is 11.9 Å². The fourth-order valence-corrected chi connectivity index (χ4v) is 3.47. The monoisotopic (exact) mass is 372 g/mol. The molecule has 1 aliphatic heterocycles. The molecule has 0 unspecified atom stereocenters. The standard InChI is InChI=1S/C20H24N2O5/c1-13(19(25)22-11-10-21-20(22)26)27-18(24)9-8-17(23)16-7-6-14-4-2-3-5-15(14)12-16/h6-7,12-13H,2-5,8-11H2,1H3,(H,21,26)/t13-/m0/s1. The number of carbonyl (C=O) groups excluding carboxylic acids is 4. The molecule has 2 aliphatic rings. The summed E-state index contributed by atoms with van der Waals surface area (Å²) in [5, 5.41) is 2.52. The van der Waals surface area contributed by atoms with Gasteiger partial charge in [-0.25, -0.2) is 4.79 Å². The molecule has 0 radical (unpaired) electrons. The molecule has 1 atom stereocenters. The molecule has 3 amide bonds. The van der Waals surface area contributed by atoms with E-state index in [1.165, 1.54) is 24.5 Å². The Morgan fingerprint density at radius 2 is 1.89 bits per heavy atom. The van der Waals surface area contributed by atoms with E-state index < -0.39 is 24.0 Å². The lowest BCUT2D eigenvalue weighted by molar-refractivity contribution is -0.157. The van der Waals surface area contributed by atoms with Crippen LogP contribution in [0.15, 0.2) is 18.2 Å². The molecular formula is C20H24N2O5. The van der Waals surface area contributed by atoms with Crippen LogP contribution in [0.2, 0.25) is 0 Å². The number of imide groups is 1. The summed E-state index contributed by atoms with van der Waals surface area (Å²) >= 11 is 0. The summed E-state index contributed by atoms with van der Waals surface area (Å²) in [6.45, 7) is 2.08. The second kappa shape index (κ2) is 8.33. The molecule has 1 N–H and O–H groups in total. The first-order valence-electron chi connectivity index (χ1n) is 9.39. The third-order valence-electron chi connectivity index (χ3n) is 5.01. The average Bonchev–Trinajstić information content (AvgIpc) is 3.10. The second-order valence-electron chi connectivity index (χ2n) is 6.97. The highest BCUT2D eigenvalue weighted by molar-refractivity contribution is 5.99. The van der Waals surface area contributed by atoms with Crippen LogP contribution in [0.25, 0.3) is 0 Å². The number of ketones is 1. The SMILES string of the molecule is C[C@H](OC(=O)CCC(=O)c1ccc2c(c1)CCCC2)C(=O)N1CCNC1=O. The van der Waals surface area contributed by atoms with E-state index in [0.717, 1.165) is 24.2 Å². The molecule has 0 saturated carbocycles. The molecule has 7 nitrogen and oxygen atoms in total. The number of urea groups is 1. The molecule has 1 aromatic rings. The predicted molar refractivity (Wildman–Crippen MR) is 97.3 cm³/mol. The van der Waals surface area contributed by atoms with Gasteiger partial charge in [-0.1, -0.05) is 12.1 Å². The number of esters is 1. The van der Waals surface area contributed by atoms with E-state index in [1.807, 2.05) is 18.2 Å². The normalized spacial score (nSPS) is 17.1. The van der Waals surface area contributed by atoms with E-state index >= 15 is 0 Å². The van der Waals surface area contributed by atoms with Gasteiger partial charge >= 0.3 is 12.0 Å². The number of hydrogen-bond acceptors (Lipinski definition) is 5. The summed E-state index contributed by atoms with van der Waals surface area (Å²) in [6.07, 6.45) is 3.24. The first-order chi connectivity index (χ1) is 13.0. The lowest BCUT2D eigenvalue weighted by Gasteiger charge is -2.18. The van der Waals surface area contributed by atoms with Crippen molar-refractivity contribution in [1.29, 1.82) is 0 Å². The van der Waals surface area contributed by atoms with Crippen molar-refractivity contribution in [2.24, 2.45) is 0 Å². The Morgan fingerprint density at radius 1 is 1.15 bits per heavy atom. The van der Waals surface area contributed by atoms with Crippen LogP contribution in [0.1, 0.15) is 54.1 Å². The number of amides is 3. The molecule has 1 fully saturated rings. The number of rotatable bonds is 6. The van der Waals surface area contributed by atoms with E-state index in [9.17, 15) is 19.2 Å². The van der Waals surface area contributed by atoms with Crippen molar-refractivity contribution in [3.05, 3.63) is 34.9 Å². The van der Waals surface area contributed by atoms with Crippen molar-refractivity contribution >= 4 is 23.7 Å². The molecule has 3 rings (SSSR count). The number of ether oxygens (including phenoxy) is 1. The Bertz CT molecular complexity index is 774. The van der Waals surface area contributed by atoms with Gasteiger partial charge in [0, 0.05) is 25.1 Å². The summed E-state index contributed by atoms with van der Waals surface area (Å²) in [7, 11) is 0. The molecule has 144 valence electrons. The van der Waals surface area contributed by atoms with Crippen LogP contribution in [0.5, 0.6) is 0 Å². The van der Waals surface area contributed by atoms with Crippen LogP contribution in [-0.2, 0) is 27.2 Å². The number of Topliss-reactive ketones (excluding diaryl/α,β-unsaturated/α-hetero) is 1. The molecule has 7 heteroatoms. The number of benzene rings is 1. The van der Waals surface area contributed by atoms with E-state index in [0.29, 0.717) is 12.1 Å². The van der Waals surface area contributed by atoms with Gasteiger partial charge < -0.3 is 10.1 Å². The summed E-state index contributed by atoms with van der Waals surface area (Å²) in [5.41, 5.74) is 3.13. The van der Waals surface area contributed by atoms with Crippen LogP contribution >= 0.6 is 0 Å². The molecule has 0 spiro atoms. The third-order valence-corrected chi connectivity index (χ3v) is 5.01. The Kier molecular flexibility index (Phi) is 5.88. The minimum Gasteiger partial charge on any atom is -0.453 e. The van der Waals surface area contributed by atoms with Gasteiger partial charge in [-0.3, -0.25) is 19.3 Å². The van der Waals surface area contributed by atoms with Gasteiger partial charge in [0.1, 0.15) is 0 Å². The first-order valence-corrected chi connectivity index (χ1v) is 9.39. The van der Waals surface area contributed by atoms with E-state index in [-0.39, 0.29) is 25.2 Å². The Labute approximate surface area is 158 Å². The molecule has 27 heavy (non-hydrogen) atoms. The van der Waals surface area contributed by atoms with Crippen LogP contribution in [0, 0.1) is 0 Å². The zero-order chi connectivity index (χ0) is 19.4. The van der Waals surface area contributed by atoms with Crippen LogP contribution in [0.4, 0.5) is 4.79 Å². The van der Waals surface area contributed by atoms with Gasteiger partial charge in [0.25, 0.3) is 5.91 Å². The van der Waals surface area contributed by atoms with Gasteiger partial charge in [-0.15, -0.1) is 0 Å². The lowest BCUT2D eigenvalue weighted by atomic mass is 9.89. The van der Waals surface area contributed by atoms with Crippen molar-refractivity contribution in [3.8, 4) is 0 Å². The second-order valence-corrected chi connectivity index (χ2v) is 6.97. The van der Waals surface area contributed by atoms with Crippen LogP contribution < -0.4 is 5.32 Å². The molecular weight excluding hydrogens is 348 g/mol. The van der Waals surface area contributed by atoms with Gasteiger partial charge in [-0.2, -0.15) is 0 Å². The van der Waals surface area contributed by atoms with Crippen molar-refractivity contribution in [2.45, 2.75) is 51.6 Å². The summed E-state index contributed by atoms with van der Waals surface area (Å²) in [6, 6.07) is 5.27. The minimum absolute atomic E-state index is 0.0305. The zero-order valence-electron chi connectivity index (χ0n) is 15.5. The quantitative estimate of drug-likeness (QED) is 0.609. The molecule has 1 saturated heterocycles. The largest absolute Gasteiger partial charge is 0.453 e. The van der Waals surface area contributed by atoms with Gasteiger partial charge in [0.2, 0.25) is 0 Å². The van der Waals surface area contributed by atoms with Gasteiger partial charge in [0.05, 0.1) is 6.42 Å². The van der Waals surface area contributed by atoms with Crippen LogP contribution in [0.3, 0.4) is 0 Å². The molecule has 1 heterocycles. The average molecular weight is 372 g/mol. The van der Waals surface area contributed by atoms with E-state index in [2.05, 4.69) is 5.32 Å². The number of aryl methyl sites for hydroxylation is 2. The van der Waals surface area contributed by atoms with E-state index in [4.69, 9.17) is 4.74 Å². The fraction of sp³-hybridized carbons (Fsp3) is 0.500. The topological polar surface area (TPSA) is 92.8 Å². The summed E-state index contributed by atoms with van der Waals surface area (Å²) in [4.78, 5) is 49.0. The third kappa shape index (κ3) is 4.53.